The predicted octanol–water partition coefficient (Wildman–Crippen LogP) is 2.89. The van der Waals surface area contributed by atoms with E-state index in [4.69, 9.17) is 4.74 Å². The van der Waals surface area contributed by atoms with Crippen LogP contribution in [0.4, 0.5) is 0 Å². The van der Waals surface area contributed by atoms with Gasteiger partial charge in [-0.1, -0.05) is 25.1 Å². The zero-order chi connectivity index (χ0) is 17.3. The Hall–Kier alpha value is -1.28. The van der Waals surface area contributed by atoms with E-state index in [-0.39, 0.29) is 16.1 Å². The molecule has 1 N–H and O–H groups in total. The van der Waals surface area contributed by atoms with Gasteiger partial charge < -0.3 is 15.0 Å². The van der Waals surface area contributed by atoms with Gasteiger partial charge in [-0.05, 0) is 47.6 Å². The predicted molar refractivity (Wildman–Crippen MR) is 103 cm³/mol. The first-order valence-electron chi connectivity index (χ1n) is 8.45. The molecule has 2 aliphatic heterocycles. The number of halogens is 1. The highest BCUT2D eigenvalue weighted by molar-refractivity contribution is 14.1. The average Bonchev–Trinajstić information content (AvgIpc) is 2.90. The number of nitrogens with one attached hydrogen (secondary N) is 1. The van der Waals surface area contributed by atoms with Gasteiger partial charge in [-0.2, -0.15) is 0 Å². The fourth-order valence-electron chi connectivity index (χ4n) is 3.51. The molecule has 130 valence electrons. The van der Waals surface area contributed by atoms with E-state index in [1.807, 2.05) is 38.2 Å². The highest BCUT2D eigenvalue weighted by Gasteiger charge is 2.42. The van der Waals surface area contributed by atoms with E-state index in [0.29, 0.717) is 6.61 Å². The zero-order valence-electron chi connectivity index (χ0n) is 14.4. The molecule has 0 aromatic heterocycles. The SMILES string of the molecule is CCCN1CC2=C(C(=O)NC2c2ccccc2OCC)N(C)C1I. The van der Waals surface area contributed by atoms with Crippen molar-refractivity contribution < 1.29 is 9.53 Å². The second kappa shape index (κ2) is 7.31. The molecule has 1 amide bonds. The Morgan fingerprint density at radius 3 is 2.79 bits per heavy atom. The minimum Gasteiger partial charge on any atom is -0.494 e. The maximum Gasteiger partial charge on any atom is 0.268 e. The van der Waals surface area contributed by atoms with Crippen molar-refractivity contribution in [3.63, 3.8) is 0 Å². The fourth-order valence-corrected chi connectivity index (χ4v) is 4.27. The van der Waals surface area contributed by atoms with Crippen molar-refractivity contribution in [3.8, 4) is 5.75 Å². The van der Waals surface area contributed by atoms with Crippen LogP contribution < -0.4 is 10.1 Å². The molecule has 0 radical (unpaired) electrons. The van der Waals surface area contributed by atoms with E-state index in [1.165, 1.54) is 0 Å². The summed E-state index contributed by atoms with van der Waals surface area (Å²) in [6.45, 7) is 6.61. The summed E-state index contributed by atoms with van der Waals surface area (Å²) in [5, 5.41) is 3.16. The number of rotatable bonds is 5. The number of benzene rings is 1. The third-order valence-corrected chi connectivity index (χ3v) is 6.15. The minimum atomic E-state index is -0.110. The van der Waals surface area contributed by atoms with Crippen molar-refractivity contribution in [1.29, 1.82) is 0 Å². The lowest BCUT2D eigenvalue weighted by molar-refractivity contribution is -0.118. The van der Waals surface area contributed by atoms with Gasteiger partial charge >= 0.3 is 0 Å². The molecule has 2 aliphatic rings. The minimum absolute atomic E-state index is 0.0154. The monoisotopic (exact) mass is 441 g/mol. The van der Waals surface area contributed by atoms with E-state index >= 15 is 0 Å². The number of alkyl halides is 1. The highest BCUT2D eigenvalue weighted by atomic mass is 127. The molecule has 6 heteroatoms. The Bertz CT molecular complexity index is 661. The number of carbonyl (C=O) groups is 1. The van der Waals surface area contributed by atoms with Crippen molar-refractivity contribution in [2.24, 2.45) is 0 Å². The second-order valence-corrected chi connectivity index (χ2v) is 7.26. The summed E-state index contributed by atoms with van der Waals surface area (Å²) in [5.74, 6) is 0.863. The average molecular weight is 441 g/mol. The Balaban J connectivity index is 2.00. The molecule has 0 saturated carbocycles. The van der Waals surface area contributed by atoms with Crippen LogP contribution in [0.2, 0.25) is 0 Å². The quantitative estimate of drug-likeness (QED) is 0.434. The summed E-state index contributed by atoms with van der Waals surface area (Å²) >= 11 is 2.41. The van der Waals surface area contributed by atoms with E-state index in [2.05, 4.69) is 44.6 Å². The van der Waals surface area contributed by atoms with Gasteiger partial charge in [0.25, 0.3) is 5.91 Å². The number of carbonyl (C=O) groups excluding carboxylic acids is 1. The number of likely N-dealkylation sites (N-methyl/N-ethyl adjacent to an activating group) is 1. The molecule has 0 aliphatic carbocycles. The Kier molecular flexibility index (Phi) is 5.34. The van der Waals surface area contributed by atoms with Gasteiger partial charge in [0, 0.05) is 25.7 Å². The van der Waals surface area contributed by atoms with Crippen LogP contribution in [0, 0.1) is 0 Å². The van der Waals surface area contributed by atoms with Gasteiger partial charge in [0.2, 0.25) is 0 Å². The van der Waals surface area contributed by atoms with Crippen molar-refractivity contribution in [2.75, 3.05) is 26.7 Å². The second-order valence-electron chi connectivity index (χ2n) is 6.14. The molecule has 24 heavy (non-hydrogen) atoms. The van der Waals surface area contributed by atoms with Crippen molar-refractivity contribution >= 4 is 28.5 Å². The van der Waals surface area contributed by atoms with E-state index in [1.54, 1.807) is 0 Å². The smallest absolute Gasteiger partial charge is 0.268 e. The molecule has 0 fully saturated rings. The topological polar surface area (TPSA) is 44.8 Å². The van der Waals surface area contributed by atoms with Gasteiger partial charge in [0.1, 0.15) is 15.6 Å². The maximum absolute atomic E-state index is 12.6. The van der Waals surface area contributed by atoms with Crippen LogP contribution in [-0.2, 0) is 4.79 Å². The highest BCUT2D eigenvalue weighted by Crippen LogP contribution is 2.40. The third kappa shape index (κ3) is 3.01. The number of nitrogens with zero attached hydrogens (tertiary/aromatic N) is 2. The lowest BCUT2D eigenvalue weighted by atomic mass is 9.97. The van der Waals surface area contributed by atoms with Crippen LogP contribution in [0.1, 0.15) is 31.9 Å². The summed E-state index contributed by atoms with van der Waals surface area (Å²) in [6.07, 6.45) is 1.09. The summed E-state index contributed by atoms with van der Waals surface area (Å²) in [7, 11) is 2.00. The first-order chi connectivity index (χ1) is 11.6. The number of hydrogen-bond acceptors (Lipinski definition) is 4. The van der Waals surface area contributed by atoms with Crippen LogP contribution >= 0.6 is 22.6 Å². The summed E-state index contributed by atoms with van der Waals surface area (Å²) in [5.41, 5.74) is 3.00. The summed E-state index contributed by atoms with van der Waals surface area (Å²) < 4.78 is 5.99. The molecule has 0 bridgehead atoms. The lowest BCUT2D eigenvalue weighted by Gasteiger charge is -2.40. The number of para-hydroxylation sites is 1. The zero-order valence-corrected chi connectivity index (χ0v) is 16.5. The molecule has 1 aromatic carbocycles. The number of amides is 1. The van der Waals surface area contributed by atoms with Crippen LogP contribution in [0.5, 0.6) is 5.75 Å². The van der Waals surface area contributed by atoms with Crippen LogP contribution in [0.15, 0.2) is 35.5 Å². The van der Waals surface area contributed by atoms with Crippen molar-refractivity contribution in [1.82, 2.24) is 15.1 Å². The molecule has 1 aromatic rings. The molecule has 2 heterocycles. The fraction of sp³-hybridized carbons (Fsp3) is 0.500. The molecule has 5 nitrogen and oxygen atoms in total. The lowest BCUT2D eigenvalue weighted by Crippen LogP contribution is -2.48. The van der Waals surface area contributed by atoms with E-state index < -0.39 is 0 Å². The standard InChI is InChI=1S/C18H24IN3O2/c1-4-10-22-11-13-15(12-8-6-7-9-14(12)24-5-2)20-17(23)16(13)21(3)18(22)19/h6-9,15,18H,4-5,10-11H2,1-3H3,(H,20,23). The third-order valence-electron chi connectivity index (χ3n) is 4.53. The summed E-state index contributed by atoms with van der Waals surface area (Å²) in [4.78, 5) is 17.1. The Morgan fingerprint density at radius 2 is 2.08 bits per heavy atom. The maximum atomic E-state index is 12.6. The van der Waals surface area contributed by atoms with E-state index in [9.17, 15) is 4.79 Å². The van der Waals surface area contributed by atoms with Gasteiger partial charge in [-0.3, -0.25) is 9.69 Å². The van der Waals surface area contributed by atoms with Crippen LogP contribution in [0.25, 0.3) is 0 Å². The van der Waals surface area contributed by atoms with Gasteiger partial charge in [-0.25, -0.2) is 0 Å². The Morgan fingerprint density at radius 1 is 1.33 bits per heavy atom. The number of ether oxygens (including phenoxy) is 1. The molecule has 2 unspecified atom stereocenters. The van der Waals surface area contributed by atoms with Crippen LogP contribution in [-0.4, -0.2) is 46.6 Å². The molecular weight excluding hydrogens is 417 g/mol. The molecular formula is C18H24IN3O2. The number of hydrogen-bond donors (Lipinski definition) is 1. The van der Waals surface area contributed by atoms with Crippen molar-refractivity contribution in [2.45, 2.75) is 30.5 Å². The van der Waals surface area contributed by atoms with Gasteiger partial charge in [0.05, 0.1) is 12.6 Å². The largest absolute Gasteiger partial charge is 0.494 e. The molecule has 2 atom stereocenters. The molecule has 3 rings (SSSR count). The van der Waals surface area contributed by atoms with E-state index in [0.717, 1.165) is 42.1 Å². The van der Waals surface area contributed by atoms with Crippen molar-refractivity contribution in [3.05, 3.63) is 41.1 Å². The van der Waals surface area contributed by atoms with Gasteiger partial charge in [-0.15, -0.1) is 0 Å². The van der Waals surface area contributed by atoms with Gasteiger partial charge in [0.15, 0.2) is 0 Å². The molecule has 0 spiro atoms. The normalized spacial score (nSPS) is 24.2. The first-order valence-corrected chi connectivity index (χ1v) is 9.69. The molecule has 0 saturated heterocycles. The summed E-state index contributed by atoms with van der Waals surface area (Å²) in [6, 6.07) is 7.88. The first kappa shape index (κ1) is 17.5. The van der Waals surface area contributed by atoms with Crippen LogP contribution in [0.3, 0.4) is 0 Å². The Labute approximate surface area is 157 Å².